The molecule has 0 aliphatic rings. The molecule has 0 spiro atoms. The number of carbonyl (C=O) groups is 1. The SMILES string of the molecule is O=C(OCCCc1cccnc1)c1ccc(Cl)o1. The molecule has 0 radical (unpaired) electrons. The Kier molecular flexibility index (Phi) is 4.36. The van der Waals surface area contributed by atoms with E-state index in [1.165, 1.54) is 12.1 Å². The number of aromatic nitrogens is 1. The van der Waals surface area contributed by atoms with Crippen LogP contribution >= 0.6 is 11.6 Å². The lowest BCUT2D eigenvalue weighted by Gasteiger charge is -2.02. The van der Waals surface area contributed by atoms with Gasteiger partial charge in [0.2, 0.25) is 5.76 Å². The fourth-order valence-electron chi connectivity index (χ4n) is 1.48. The second-order valence-electron chi connectivity index (χ2n) is 3.70. The summed E-state index contributed by atoms with van der Waals surface area (Å²) in [6.07, 6.45) is 5.09. The Morgan fingerprint density at radius 1 is 1.39 bits per heavy atom. The van der Waals surface area contributed by atoms with Gasteiger partial charge in [-0.25, -0.2) is 4.79 Å². The predicted octanol–water partition coefficient (Wildman–Crippen LogP) is 3.12. The maximum Gasteiger partial charge on any atom is 0.374 e. The Morgan fingerprint density at radius 3 is 2.94 bits per heavy atom. The Hall–Kier alpha value is -1.81. The molecule has 2 heterocycles. The largest absolute Gasteiger partial charge is 0.460 e. The van der Waals surface area contributed by atoms with E-state index in [1.807, 2.05) is 12.1 Å². The molecule has 0 amide bonds. The van der Waals surface area contributed by atoms with Crippen LogP contribution in [0, 0.1) is 0 Å². The first-order chi connectivity index (χ1) is 8.75. The molecule has 5 heteroatoms. The second kappa shape index (κ2) is 6.21. The van der Waals surface area contributed by atoms with Crippen molar-refractivity contribution in [2.45, 2.75) is 12.8 Å². The van der Waals surface area contributed by atoms with Crippen molar-refractivity contribution >= 4 is 17.6 Å². The number of halogens is 1. The minimum atomic E-state index is -0.493. The first-order valence-corrected chi connectivity index (χ1v) is 5.95. The molecule has 0 saturated carbocycles. The van der Waals surface area contributed by atoms with Crippen LogP contribution in [0.15, 0.2) is 41.1 Å². The predicted molar refractivity (Wildman–Crippen MR) is 66.6 cm³/mol. The normalized spacial score (nSPS) is 10.3. The fraction of sp³-hybridized carbons (Fsp3) is 0.231. The standard InChI is InChI=1S/C13H12ClNO3/c14-12-6-5-11(18-12)13(16)17-8-2-4-10-3-1-7-15-9-10/h1,3,5-7,9H,2,4,8H2. The highest BCUT2D eigenvalue weighted by atomic mass is 35.5. The molecule has 0 fully saturated rings. The van der Waals surface area contributed by atoms with Crippen LogP contribution in [0.1, 0.15) is 22.5 Å². The first-order valence-electron chi connectivity index (χ1n) is 5.57. The average Bonchev–Trinajstić information content (AvgIpc) is 2.82. The van der Waals surface area contributed by atoms with Gasteiger partial charge in [0.15, 0.2) is 5.22 Å². The van der Waals surface area contributed by atoms with Gasteiger partial charge in [0.05, 0.1) is 6.61 Å². The number of pyridine rings is 1. The molecule has 0 aliphatic heterocycles. The summed E-state index contributed by atoms with van der Waals surface area (Å²) < 4.78 is 9.99. The third-order valence-electron chi connectivity index (χ3n) is 2.34. The van der Waals surface area contributed by atoms with Gasteiger partial charge in [0.1, 0.15) is 0 Å². The van der Waals surface area contributed by atoms with Crippen molar-refractivity contribution in [3.63, 3.8) is 0 Å². The molecule has 0 atom stereocenters. The molecule has 2 rings (SSSR count). The van der Waals surface area contributed by atoms with Crippen molar-refractivity contribution in [2.24, 2.45) is 0 Å². The van der Waals surface area contributed by atoms with Crippen LogP contribution in [-0.4, -0.2) is 17.6 Å². The van der Waals surface area contributed by atoms with Crippen LogP contribution in [0.2, 0.25) is 5.22 Å². The third kappa shape index (κ3) is 3.60. The molecular formula is C13H12ClNO3. The maximum absolute atomic E-state index is 11.5. The monoisotopic (exact) mass is 265 g/mol. The van der Waals surface area contributed by atoms with Crippen LogP contribution in [-0.2, 0) is 11.2 Å². The highest BCUT2D eigenvalue weighted by molar-refractivity contribution is 6.29. The number of hydrogen-bond acceptors (Lipinski definition) is 4. The van der Waals surface area contributed by atoms with Gasteiger partial charge in [0, 0.05) is 12.4 Å². The van der Waals surface area contributed by atoms with E-state index in [-0.39, 0.29) is 11.0 Å². The molecule has 0 unspecified atom stereocenters. The smallest absolute Gasteiger partial charge is 0.374 e. The summed E-state index contributed by atoms with van der Waals surface area (Å²) in [6, 6.07) is 6.87. The van der Waals surface area contributed by atoms with E-state index in [0.717, 1.165) is 18.4 Å². The first kappa shape index (κ1) is 12.6. The third-order valence-corrected chi connectivity index (χ3v) is 2.54. The summed E-state index contributed by atoms with van der Waals surface area (Å²) in [6.45, 7) is 0.339. The fourth-order valence-corrected chi connectivity index (χ4v) is 1.63. The van der Waals surface area contributed by atoms with Crippen LogP contribution < -0.4 is 0 Å². The Balaban J connectivity index is 1.71. The Morgan fingerprint density at radius 2 is 2.28 bits per heavy atom. The molecule has 94 valence electrons. The molecule has 2 aromatic rings. The highest BCUT2D eigenvalue weighted by Gasteiger charge is 2.11. The quantitative estimate of drug-likeness (QED) is 0.616. The van der Waals surface area contributed by atoms with Gasteiger partial charge in [-0.05, 0) is 48.2 Å². The van der Waals surface area contributed by atoms with Crippen LogP contribution in [0.3, 0.4) is 0 Å². The molecule has 0 aromatic carbocycles. The summed E-state index contributed by atoms with van der Waals surface area (Å²) in [7, 11) is 0. The number of hydrogen-bond donors (Lipinski definition) is 0. The lowest BCUT2D eigenvalue weighted by molar-refractivity contribution is 0.0464. The van der Waals surface area contributed by atoms with Crippen molar-refractivity contribution in [3.05, 3.63) is 53.2 Å². The number of carbonyl (C=O) groups excluding carboxylic acids is 1. The second-order valence-corrected chi connectivity index (χ2v) is 4.08. The van der Waals surface area contributed by atoms with Crippen molar-refractivity contribution in [1.82, 2.24) is 4.98 Å². The van der Waals surface area contributed by atoms with Crippen molar-refractivity contribution in [3.8, 4) is 0 Å². The van der Waals surface area contributed by atoms with Gasteiger partial charge in [-0.2, -0.15) is 0 Å². The number of rotatable bonds is 5. The number of aryl methyl sites for hydroxylation is 1. The van der Waals surface area contributed by atoms with Gasteiger partial charge in [0.25, 0.3) is 0 Å². The van der Waals surface area contributed by atoms with E-state index < -0.39 is 5.97 Å². The molecule has 0 saturated heterocycles. The summed E-state index contributed by atoms with van der Waals surface area (Å²) in [5.41, 5.74) is 1.12. The molecular weight excluding hydrogens is 254 g/mol. The van der Waals surface area contributed by atoms with Crippen molar-refractivity contribution in [2.75, 3.05) is 6.61 Å². The minimum absolute atomic E-state index is 0.126. The Labute approximate surface area is 110 Å². The molecule has 0 N–H and O–H groups in total. The van der Waals surface area contributed by atoms with Crippen molar-refractivity contribution in [1.29, 1.82) is 0 Å². The number of esters is 1. The molecule has 0 aliphatic carbocycles. The lowest BCUT2D eigenvalue weighted by Crippen LogP contribution is -2.06. The zero-order valence-corrected chi connectivity index (χ0v) is 10.4. The van der Waals surface area contributed by atoms with Crippen molar-refractivity contribution < 1.29 is 13.9 Å². The topological polar surface area (TPSA) is 52.3 Å². The minimum Gasteiger partial charge on any atom is -0.460 e. The van der Waals surface area contributed by atoms with Gasteiger partial charge in [-0.3, -0.25) is 4.98 Å². The molecule has 4 nitrogen and oxygen atoms in total. The summed E-state index contributed by atoms with van der Waals surface area (Å²) in [5.74, 6) is -0.366. The van der Waals surface area contributed by atoms with E-state index in [1.54, 1.807) is 12.4 Å². The number of furan rings is 1. The highest BCUT2D eigenvalue weighted by Crippen LogP contribution is 2.14. The van der Waals surface area contributed by atoms with Gasteiger partial charge in [-0.1, -0.05) is 6.07 Å². The average molecular weight is 266 g/mol. The van der Waals surface area contributed by atoms with E-state index in [4.69, 9.17) is 20.8 Å². The summed E-state index contributed by atoms with van der Waals surface area (Å²) >= 11 is 5.56. The van der Waals surface area contributed by atoms with Crippen LogP contribution in [0.5, 0.6) is 0 Å². The van der Waals surface area contributed by atoms with E-state index in [0.29, 0.717) is 6.61 Å². The summed E-state index contributed by atoms with van der Waals surface area (Å²) in [5, 5.41) is 0.178. The van der Waals surface area contributed by atoms with Crippen LogP contribution in [0.25, 0.3) is 0 Å². The molecule has 0 bridgehead atoms. The van der Waals surface area contributed by atoms with Gasteiger partial charge in [-0.15, -0.1) is 0 Å². The zero-order chi connectivity index (χ0) is 12.8. The van der Waals surface area contributed by atoms with Gasteiger partial charge >= 0.3 is 5.97 Å². The summed E-state index contributed by atoms with van der Waals surface area (Å²) in [4.78, 5) is 15.5. The lowest BCUT2D eigenvalue weighted by atomic mass is 10.2. The maximum atomic E-state index is 11.5. The van der Waals surface area contributed by atoms with Crippen LogP contribution in [0.4, 0.5) is 0 Å². The number of ether oxygens (including phenoxy) is 1. The molecule has 2 aromatic heterocycles. The number of nitrogens with zero attached hydrogens (tertiary/aromatic N) is 1. The van der Waals surface area contributed by atoms with Gasteiger partial charge < -0.3 is 9.15 Å². The molecule has 18 heavy (non-hydrogen) atoms. The Bertz CT molecular complexity index is 510. The van der Waals surface area contributed by atoms with E-state index in [9.17, 15) is 4.79 Å². The van der Waals surface area contributed by atoms with E-state index >= 15 is 0 Å². The van der Waals surface area contributed by atoms with E-state index in [2.05, 4.69) is 4.98 Å². The zero-order valence-electron chi connectivity index (χ0n) is 9.64.